The Balaban J connectivity index is 1.54. The maximum absolute atomic E-state index is 11.6. The van der Waals surface area contributed by atoms with Gasteiger partial charge in [0.2, 0.25) is 0 Å². The first-order chi connectivity index (χ1) is 8.16. The molecule has 2 aliphatic rings. The molecule has 5 heteroatoms. The molecule has 0 bridgehead atoms. The molecule has 0 radical (unpaired) electrons. The molecule has 1 aliphatic carbocycles. The minimum Gasteiger partial charge on any atom is -0.481 e. The summed E-state index contributed by atoms with van der Waals surface area (Å²) in [5.41, 5.74) is 0. The average Bonchev–Trinajstić information content (AvgIpc) is 2.13. The minimum atomic E-state index is -0.812. The van der Waals surface area contributed by atoms with E-state index < -0.39 is 5.97 Å². The molecule has 1 saturated heterocycles. The van der Waals surface area contributed by atoms with Gasteiger partial charge in [-0.1, -0.05) is 19.3 Å². The third kappa shape index (κ3) is 3.11. The molecular formula is C12H20N2O3. The lowest BCUT2D eigenvalue weighted by Gasteiger charge is -2.46. The highest BCUT2D eigenvalue weighted by Crippen LogP contribution is 2.37. The maximum Gasteiger partial charge on any atom is 0.317 e. The molecule has 0 aromatic carbocycles. The van der Waals surface area contributed by atoms with Crippen molar-refractivity contribution in [3.63, 3.8) is 0 Å². The second-order valence-corrected chi connectivity index (χ2v) is 5.09. The van der Waals surface area contributed by atoms with Gasteiger partial charge in [0.25, 0.3) is 0 Å². The highest BCUT2D eigenvalue weighted by Gasteiger charge is 2.38. The van der Waals surface area contributed by atoms with Gasteiger partial charge in [-0.05, 0) is 18.3 Å². The van der Waals surface area contributed by atoms with Crippen LogP contribution in [0.3, 0.4) is 0 Å². The molecule has 17 heavy (non-hydrogen) atoms. The van der Waals surface area contributed by atoms with E-state index in [1.807, 2.05) is 4.90 Å². The van der Waals surface area contributed by atoms with Crippen LogP contribution in [0.15, 0.2) is 0 Å². The number of likely N-dealkylation sites (tertiary alicyclic amines) is 1. The second-order valence-electron chi connectivity index (χ2n) is 5.09. The summed E-state index contributed by atoms with van der Waals surface area (Å²) in [5, 5.41) is 11.2. The van der Waals surface area contributed by atoms with Gasteiger partial charge in [-0.2, -0.15) is 0 Å². The molecular weight excluding hydrogens is 220 g/mol. The number of carboxylic acids is 1. The number of hydrogen-bond donors (Lipinski definition) is 2. The molecule has 2 N–H and O–H groups in total. The van der Waals surface area contributed by atoms with Crippen molar-refractivity contribution in [1.29, 1.82) is 0 Å². The Labute approximate surface area is 101 Å². The summed E-state index contributed by atoms with van der Waals surface area (Å²) in [5.74, 6) is 0.757. The number of rotatable bonds is 5. The van der Waals surface area contributed by atoms with Crippen LogP contribution in [0, 0.1) is 11.8 Å². The predicted octanol–water partition coefficient (Wildman–Crippen LogP) is 1.29. The fourth-order valence-corrected chi connectivity index (χ4v) is 2.43. The summed E-state index contributed by atoms with van der Waals surface area (Å²) in [7, 11) is 0. The smallest absolute Gasteiger partial charge is 0.317 e. The highest BCUT2D eigenvalue weighted by molar-refractivity contribution is 5.75. The molecule has 0 aromatic heterocycles. The van der Waals surface area contributed by atoms with E-state index in [1.54, 1.807) is 0 Å². The molecule has 1 heterocycles. The fraction of sp³-hybridized carbons (Fsp3) is 0.833. The van der Waals surface area contributed by atoms with Gasteiger partial charge in [0.15, 0.2) is 0 Å². The van der Waals surface area contributed by atoms with Gasteiger partial charge >= 0.3 is 12.0 Å². The van der Waals surface area contributed by atoms with E-state index in [0.29, 0.717) is 18.9 Å². The second kappa shape index (κ2) is 5.38. The van der Waals surface area contributed by atoms with Crippen LogP contribution < -0.4 is 5.32 Å². The Hall–Kier alpha value is -1.26. The van der Waals surface area contributed by atoms with Crippen LogP contribution in [-0.2, 0) is 4.79 Å². The van der Waals surface area contributed by atoms with Gasteiger partial charge in [-0.3, -0.25) is 4.79 Å². The van der Waals surface area contributed by atoms with Gasteiger partial charge in [0.1, 0.15) is 0 Å². The molecule has 0 unspecified atom stereocenters. The maximum atomic E-state index is 11.6. The van der Waals surface area contributed by atoms with Gasteiger partial charge in [0, 0.05) is 26.1 Å². The molecule has 2 fully saturated rings. The van der Waals surface area contributed by atoms with Crippen molar-refractivity contribution >= 4 is 12.0 Å². The molecule has 0 atom stereocenters. The number of carbonyl (C=O) groups is 2. The van der Waals surface area contributed by atoms with Crippen LogP contribution in [0.1, 0.15) is 32.1 Å². The van der Waals surface area contributed by atoms with Gasteiger partial charge < -0.3 is 15.3 Å². The number of carbonyl (C=O) groups excluding carboxylic acids is 1. The quantitative estimate of drug-likeness (QED) is 0.711. The predicted molar refractivity (Wildman–Crippen MR) is 62.7 cm³/mol. The number of aliphatic carboxylic acids is 1. The van der Waals surface area contributed by atoms with E-state index in [2.05, 4.69) is 5.32 Å². The number of amides is 2. The first kappa shape index (κ1) is 12.2. The zero-order valence-corrected chi connectivity index (χ0v) is 10.0. The summed E-state index contributed by atoms with van der Waals surface area (Å²) >= 11 is 0. The van der Waals surface area contributed by atoms with Crippen molar-refractivity contribution < 1.29 is 14.7 Å². The number of nitrogens with one attached hydrogen (secondary N) is 1. The highest BCUT2D eigenvalue weighted by atomic mass is 16.4. The van der Waals surface area contributed by atoms with Crippen LogP contribution in [0.5, 0.6) is 0 Å². The van der Waals surface area contributed by atoms with Crippen LogP contribution in [0.4, 0.5) is 4.79 Å². The SMILES string of the molecule is O=C(O)CCCNC(=O)N1CC(C2CCC2)C1. The Morgan fingerprint density at radius 3 is 2.47 bits per heavy atom. The number of nitrogens with zero attached hydrogens (tertiary/aromatic N) is 1. The van der Waals surface area contributed by atoms with E-state index in [0.717, 1.165) is 19.0 Å². The minimum absolute atomic E-state index is 0.0361. The van der Waals surface area contributed by atoms with Gasteiger partial charge in [-0.25, -0.2) is 4.79 Å². The summed E-state index contributed by atoms with van der Waals surface area (Å²) in [4.78, 5) is 23.7. The van der Waals surface area contributed by atoms with E-state index in [9.17, 15) is 9.59 Å². The summed E-state index contributed by atoms with van der Waals surface area (Å²) < 4.78 is 0. The van der Waals surface area contributed by atoms with E-state index in [4.69, 9.17) is 5.11 Å². The van der Waals surface area contributed by atoms with Crippen molar-refractivity contribution in [1.82, 2.24) is 10.2 Å². The molecule has 0 spiro atoms. The normalized spacial score (nSPS) is 20.6. The van der Waals surface area contributed by atoms with Crippen LogP contribution >= 0.6 is 0 Å². The summed E-state index contributed by atoms with van der Waals surface area (Å²) in [6.07, 6.45) is 4.63. The van der Waals surface area contributed by atoms with Crippen molar-refractivity contribution in [2.24, 2.45) is 11.8 Å². The van der Waals surface area contributed by atoms with Crippen molar-refractivity contribution in [2.45, 2.75) is 32.1 Å². The molecule has 1 saturated carbocycles. The van der Waals surface area contributed by atoms with Crippen LogP contribution in [0.25, 0.3) is 0 Å². The Bertz CT molecular complexity index is 296. The summed E-state index contributed by atoms with van der Waals surface area (Å²) in [6.45, 7) is 2.22. The third-order valence-electron chi connectivity index (χ3n) is 3.86. The van der Waals surface area contributed by atoms with E-state index in [1.165, 1.54) is 19.3 Å². The Morgan fingerprint density at radius 2 is 1.94 bits per heavy atom. The average molecular weight is 240 g/mol. The molecule has 2 amide bonds. The zero-order valence-electron chi connectivity index (χ0n) is 10.0. The first-order valence-corrected chi connectivity index (χ1v) is 6.41. The van der Waals surface area contributed by atoms with Crippen molar-refractivity contribution in [3.05, 3.63) is 0 Å². The Kier molecular flexibility index (Phi) is 3.86. The van der Waals surface area contributed by atoms with E-state index >= 15 is 0 Å². The van der Waals surface area contributed by atoms with Crippen LogP contribution in [-0.4, -0.2) is 41.6 Å². The third-order valence-corrected chi connectivity index (χ3v) is 3.86. The molecule has 1 aliphatic heterocycles. The number of hydrogen-bond acceptors (Lipinski definition) is 2. The molecule has 5 nitrogen and oxygen atoms in total. The fourth-order valence-electron chi connectivity index (χ4n) is 2.43. The van der Waals surface area contributed by atoms with Gasteiger partial charge in [-0.15, -0.1) is 0 Å². The molecule has 2 rings (SSSR count). The number of carboxylic acid groups (broad SMARTS) is 1. The van der Waals surface area contributed by atoms with Gasteiger partial charge in [0.05, 0.1) is 0 Å². The lowest BCUT2D eigenvalue weighted by molar-refractivity contribution is -0.137. The van der Waals surface area contributed by atoms with Crippen molar-refractivity contribution in [3.8, 4) is 0 Å². The lowest BCUT2D eigenvalue weighted by atomic mass is 9.73. The van der Waals surface area contributed by atoms with E-state index in [-0.39, 0.29) is 12.5 Å². The molecule has 96 valence electrons. The number of urea groups is 1. The zero-order chi connectivity index (χ0) is 12.3. The lowest BCUT2D eigenvalue weighted by Crippen LogP contribution is -2.56. The first-order valence-electron chi connectivity index (χ1n) is 6.41. The summed E-state index contributed by atoms with van der Waals surface area (Å²) in [6, 6.07) is -0.0361. The van der Waals surface area contributed by atoms with Crippen molar-refractivity contribution in [2.75, 3.05) is 19.6 Å². The molecule has 0 aromatic rings. The largest absolute Gasteiger partial charge is 0.481 e. The standard InChI is InChI=1S/C12H20N2O3/c15-11(16)5-2-6-13-12(17)14-7-10(8-14)9-3-1-4-9/h9-10H,1-8H2,(H,13,17)(H,15,16). The Morgan fingerprint density at radius 1 is 1.24 bits per heavy atom. The monoisotopic (exact) mass is 240 g/mol. The van der Waals surface area contributed by atoms with Crippen LogP contribution in [0.2, 0.25) is 0 Å². The topological polar surface area (TPSA) is 69.6 Å².